The van der Waals surface area contributed by atoms with Gasteiger partial charge >= 0.3 is 0 Å². The molecule has 0 spiro atoms. The van der Waals surface area contributed by atoms with Gasteiger partial charge in [0.05, 0.1) is 12.6 Å². The molecule has 1 unspecified atom stereocenters. The summed E-state index contributed by atoms with van der Waals surface area (Å²) in [6, 6.07) is 2.46. The van der Waals surface area contributed by atoms with Gasteiger partial charge in [0.2, 0.25) is 5.91 Å². The molecule has 0 bridgehead atoms. The molecule has 1 aliphatic heterocycles. The summed E-state index contributed by atoms with van der Waals surface area (Å²) in [4.78, 5) is 15.4. The molecule has 4 heteroatoms. The maximum absolute atomic E-state index is 12.0. The molecular formula is C12H18N2OS. The Labute approximate surface area is 100 Å². The lowest BCUT2D eigenvalue weighted by molar-refractivity contribution is -0.133. The number of thiophene rings is 1. The fourth-order valence-electron chi connectivity index (χ4n) is 2.39. The standard InChI is InChI=1S/C12H18N2OS/c1-3-10-9-5-7-16-11(9)4-6-14(10)12(15)8-13-2/h5,7,10,13H,3-4,6,8H2,1-2H3. The largest absolute Gasteiger partial charge is 0.334 e. The normalized spacial score (nSPS) is 19.6. The van der Waals surface area contributed by atoms with E-state index < -0.39 is 0 Å². The van der Waals surface area contributed by atoms with Crippen LogP contribution < -0.4 is 5.32 Å². The number of nitrogens with zero attached hydrogens (tertiary/aromatic N) is 1. The summed E-state index contributed by atoms with van der Waals surface area (Å²) in [5, 5.41) is 5.08. The second-order valence-electron chi connectivity index (χ2n) is 4.09. The Hall–Kier alpha value is -0.870. The zero-order valence-electron chi connectivity index (χ0n) is 9.82. The molecule has 0 fully saturated rings. The summed E-state index contributed by atoms with van der Waals surface area (Å²) in [6.07, 6.45) is 2.01. The van der Waals surface area contributed by atoms with Crippen molar-refractivity contribution in [3.63, 3.8) is 0 Å². The van der Waals surface area contributed by atoms with Crippen LogP contribution in [0.25, 0.3) is 0 Å². The van der Waals surface area contributed by atoms with E-state index in [0.29, 0.717) is 6.54 Å². The van der Waals surface area contributed by atoms with Crippen molar-refractivity contribution in [1.29, 1.82) is 0 Å². The molecule has 0 saturated heterocycles. The fraction of sp³-hybridized carbons (Fsp3) is 0.583. The molecule has 16 heavy (non-hydrogen) atoms. The molecule has 1 aliphatic rings. The summed E-state index contributed by atoms with van der Waals surface area (Å²) < 4.78 is 0. The van der Waals surface area contributed by atoms with E-state index in [1.165, 1.54) is 10.4 Å². The van der Waals surface area contributed by atoms with Gasteiger partial charge < -0.3 is 10.2 Å². The number of hydrogen-bond donors (Lipinski definition) is 1. The van der Waals surface area contributed by atoms with Gasteiger partial charge in [0, 0.05) is 11.4 Å². The van der Waals surface area contributed by atoms with Crippen molar-refractivity contribution in [1.82, 2.24) is 10.2 Å². The van der Waals surface area contributed by atoms with Crippen molar-refractivity contribution in [3.05, 3.63) is 21.9 Å². The first-order valence-electron chi connectivity index (χ1n) is 5.78. The lowest BCUT2D eigenvalue weighted by Crippen LogP contribution is -2.43. The topological polar surface area (TPSA) is 32.3 Å². The van der Waals surface area contributed by atoms with Crippen molar-refractivity contribution in [2.24, 2.45) is 0 Å². The molecule has 1 atom stereocenters. The number of rotatable bonds is 3. The number of hydrogen-bond acceptors (Lipinski definition) is 3. The summed E-state index contributed by atoms with van der Waals surface area (Å²) in [7, 11) is 1.82. The zero-order chi connectivity index (χ0) is 11.5. The minimum atomic E-state index is 0.214. The van der Waals surface area contributed by atoms with Gasteiger partial charge in [-0.05, 0) is 36.9 Å². The van der Waals surface area contributed by atoms with Crippen LogP contribution in [-0.2, 0) is 11.2 Å². The van der Waals surface area contributed by atoms with Gasteiger partial charge in [-0.2, -0.15) is 0 Å². The van der Waals surface area contributed by atoms with Gasteiger partial charge in [0.25, 0.3) is 0 Å². The molecule has 88 valence electrons. The van der Waals surface area contributed by atoms with E-state index in [1.54, 1.807) is 0 Å². The van der Waals surface area contributed by atoms with E-state index in [-0.39, 0.29) is 11.9 Å². The van der Waals surface area contributed by atoms with Crippen LogP contribution in [0.5, 0.6) is 0 Å². The van der Waals surface area contributed by atoms with Crippen LogP contribution in [0.15, 0.2) is 11.4 Å². The Morgan fingerprint density at radius 2 is 2.50 bits per heavy atom. The van der Waals surface area contributed by atoms with Crippen molar-refractivity contribution in [2.75, 3.05) is 20.1 Å². The van der Waals surface area contributed by atoms with Gasteiger partial charge in [0.1, 0.15) is 0 Å². The molecule has 2 heterocycles. The number of carbonyl (C=O) groups excluding carboxylic acids is 1. The quantitative estimate of drug-likeness (QED) is 0.871. The second-order valence-corrected chi connectivity index (χ2v) is 5.09. The van der Waals surface area contributed by atoms with Gasteiger partial charge in [-0.15, -0.1) is 11.3 Å². The first kappa shape index (κ1) is 11.6. The lowest BCUT2D eigenvalue weighted by Gasteiger charge is -2.35. The highest BCUT2D eigenvalue weighted by molar-refractivity contribution is 7.10. The predicted octanol–water partition coefficient (Wildman–Crippen LogP) is 1.80. The summed E-state index contributed by atoms with van der Waals surface area (Å²) in [5.74, 6) is 0.214. The van der Waals surface area contributed by atoms with Crippen LogP contribution in [0.4, 0.5) is 0 Å². The van der Waals surface area contributed by atoms with E-state index in [1.807, 2.05) is 23.3 Å². The lowest BCUT2D eigenvalue weighted by atomic mass is 9.98. The van der Waals surface area contributed by atoms with E-state index in [9.17, 15) is 4.79 Å². The average Bonchev–Trinajstić information content (AvgIpc) is 2.75. The third kappa shape index (κ3) is 1.99. The molecule has 0 radical (unpaired) electrons. The highest BCUT2D eigenvalue weighted by Gasteiger charge is 2.29. The number of nitrogens with one attached hydrogen (secondary N) is 1. The van der Waals surface area contributed by atoms with Crippen LogP contribution in [0.1, 0.15) is 29.8 Å². The molecule has 3 nitrogen and oxygen atoms in total. The van der Waals surface area contributed by atoms with Gasteiger partial charge in [-0.1, -0.05) is 6.92 Å². The van der Waals surface area contributed by atoms with Gasteiger partial charge in [0.15, 0.2) is 0 Å². The summed E-state index contributed by atoms with van der Waals surface area (Å²) >= 11 is 1.82. The average molecular weight is 238 g/mol. The third-order valence-corrected chi connectivity index (χ3v) is 4.13. The van der Waals surface area contributed by atoms with Crippen LogP contribution >= 0.6 is 11.3 Å². The molecule has 1 N–H and O–H groups in total. The fourth-order valence-corrected chi connectivity index (χ4v) is 3.32. The molecule has 0 aromatic carbocycles. The molecule has 1 aromatic rings. The molecule has 1 aromatic heterocycles. The van der Waals surface area contributed by atoms with Crippen LogP contribution in [0.3, 0.4) is 0 Å². The highest BCUT2D eigenvalue weighted by Crippen LogP contribution is 2.34. The van der Waals surface area contributed by atoms with E-state index in [0.717, 1.165) is 19.4 Å². The molecule has 1 amide bonds. The van der Waals surface area contributed by atoms with E-state index in [2.05, 4.69) is 23.7 Å². The van der Waals surface area contributed by atoms with Crippen molar-refractivity contribution in [2.45, 2.75) is 25.8 Å². The third-order valence-electron chi connectivity index (χ3n) is 3.13. The van der Waals surface area contributed by atoms with Crippen molar-refractivity contribution >= 4 is 17.2 Å². The van der Waals surface area contributed by atoms with E-state index >= 15 is 0 Å². The number of carbonyl (C=O) groups is 1. The number of fused-ring (bicyclic) bond motifs is 1. The van der Waals surface area contributed by atoms with E-state index in [4.69, 9.17) is 0 Å². The maximum atomic E-state index is 12.0. The van der Waals surface area contributed by atoms with Crippen LogP contribution in [-0.4, -0.2) is 30.9 Å². The molecular weight excluding hydrogens is 220 g/mol. The second kappa shape index (κ2) is 4.97. The van der Waals surface area contributed by atoms with Gasteiger partial charge in [-0.3, -0.25) is 4.79 Å². The predicted molar refractivity (Wildman–Crippen MR) is 66.7 cm³/mol. The first-order valence-corrected chi connectivity index (χ1v) is 6.66. The smallest absolute Gasteiger partial charge is 0.237 e. The SMILES string of the molecule is CCC1c2ccsc2CCN1C(=O)CNC. The summed E-state index contributed by atoms with van der Waals surface area (Å²) in [5.41, 5.74) is 1.36. The minimum Gasteiger partial charge on any atom is -0.334 e. The molecule has 2 rings (SSSR count). The van der Waals surface area contributed by atoms with Crippen LogP contribution in [0, 0.1) is 0 Å². The Kier molecular flexibility index (Phi) is 3.61. The highest BCUT2D eigenvalue weighted by atomic mass is 32.1. The van der Waals surface area contributed by atoms with Crippen LogP contribution in [0.2, 0.25) is 0 Å². The van der Waals surface area contributed by atoms with Crippen molar-refractivity contribution in [3.8, 4) is 0 Å². The Bertz CT molecular complexity index is 375. The first-order chi connectivity index (χ1) is 7.77. The monoisotopic (exact) mass is 238 g/mol. The zero-order valence-corrected chi connectivity index (χ0v) is 10.6. The minimum absolute atomic E-state index is 0.214. The maximum Gasteiger partial charge on any atom is 0.237 e. The Morgan fingerprint density at radius 1 is 1.69 bits per heavy atom. The number of amides is 1. The Morgan fingerprint density at radius 3 is 3.19 bits per heavy atom. The number of likely N-dealkylation sites (N-methyl/N-ethyl adjacent to an activating group) is 1. The van der Waals surface area contributed by atoms with Gasteiger partial charge in [-0.25, -0.2) is 0 Å². The Balaban J connectivity index is 2.21. The van der Waals surface area contributed by atoms with Crippen molar-refractivity contribution < 1.29 is 4.79 Å². The molecule has 0 saturated carbocycles. The molecule has 0 aliphatic carbocycles. The summed E-state index contributed by atoms with van der Waals surface area (Å²) in [6.45, 7) is 3.46.